The largest absolute Gasteiger partial charge is 0.481 e. The molecule has 11 N–H and O–H groups in total. The predicted molar refractivity (Wildman–Crippen MR) is 262 cm³/mol. The maximum atomic E-state index is 12.6. The summed E-state index contributed by atoms with van der Waals surface area (Å²) >= 11 is 1.03. The fraction of sp³-hybridized carbons (Fsp3) is 0.721. The zero-order chi connectivity index (χ0) is 53.8. The van der Waals surface area contributed by atoms with Crippen LogP contribution < -0.4 is 16.4 Å². The summed E-state index contributed by atoms with van der Waals surface area (Å²) in [5, 5.41) is 36.3. The summed E-state index contributed by atoms with van der Waals surface area (Å²) in [4.78, 5) is 85.9. The summed E-state index contributed by atoms with van der Waals surface area (Å²) in [5.74, 6) is 0.187. The van der Waals surface area contributed by atoms with Crippen molar-refractivity contribution in [3.63, 3.8) is 0 Å². The van der Waals surface area contributed by atoms with Crippen LogP contribution in [0.25, 0.3) is 11.2 Å². The van der Waals surface area contributed by atoms with Gasteiger partial charge in [-0.05, 0) is 80.1 Å². The number of carbonyl (C=O) groups excluding carboxylic acids is 3. The smallest absolute Gasteiger partial charge is 0.389 e. The number of aliphatic hydroxyl groups excluding tert-OH is 3. The highest BCUT2D eigenvalue weighted by Crippen LogP contribution is 2.62. The second-order valence-corrected chi connectivity index (χ2v) is 25.7. The molecule has 1 saturated heterocycles. The van der Waals surface area contributed by atoms with Crippen molar-refractivity contribution in [2.75, 3.05) is 37.8 Å². The fourth-order valence-corrected chi connectivity index (χ4v) is 13.2. The van der Waals surface area contributed by atoms with Crippen molar-refractivity contribution >= 4 is 69.1 Å². The summed E-state index contributed by atoms with van der Waals surface area (Å²) in [6, 6.07) is 0. The number of amides is 2. The third-order valence-corrected chi connectivity index (χ3v) is 18.1. The third-order valence-electron chi connectivity index (χ3n) is 14.2. The molecule has 25 nitrogen and oxygen atoms in total. The molecule has 0 spiro atoms. The van der Waals surface area contributed by atoms with E-state index in [-0.39, 0.29) is 47.7 Å². The van der Waals surface area contributed by atoms with Crippen LogP contribution in [0, 0.1) is 28.1 Å². The number of rotatable bonds is 19. The molecular weight excluding hydrogens is 1030 g/mol. The number of imidazole rings is 1. The lowest BCUT2D eigenvalue weighted by Crippen LogP contribution is -2.46. The molecule has 11 atom stereocenters. The summed E-state index contributed by atoms with van der Waals surface area (Å²) in [6.45, 7) is 15.9. The van der Waals surface area contributed by atoms with E-state index in [0.29, 0.717) is 22.5 Å². The lowest BCUT2D eigenvalue weighted by Gasteiger charge is -2.53. The van der Waals surface area contributed by atoms with Gasteiger partial charge in [-0.3, -0.25) is 32.5 Å². The number of hydrogen-bond acceptors (Lipinski definition) is 19. The molecule has 2 aromatic rings. The van der Waals surface area contributed by atoms with Crippen LogP contribution in [-0.2, 0) is 50.7 Å². The van der Waals surface area contributed by atoms with Crippen molar-refractivity contribution in [2.45, 2.75) is 137 Å². The first kappa shape index (κ1) is 59.9. The van der Waals surface area contributed by atoms with E-state index in [4.69, 9.17) is 19.5 Å². The van der Waals surface area contributed by atoms with Crippen molar-refractivity contribution in [1.29, 1.82) is 0 Å². The van der Waals surface area contributed by atoms with E-state index < -0.39 is 84.6 Å². The Labute approximate surface area is 421 Å². The van der Waals surface area contributed by atoms with Crippen LogP contribution in [0.2, 0.25) is 0 Å². The van der Waals surface area contributed by atoms with Gasteiger partial charge in [0.1, 0.15) is 36.3 Å². The number of allylic oxidation sites excluding steroid dienone is 2. The van der Waals surface area contributed by atoms with Crippen LogP contribution in [-0.4, -0.2) is 134 Å². The Hall–Kier alpha value is -3.00. The quantitative estimate of drug-likeness (QED) is 0.0541. The average Bonchev–Trinajstić information content (AvgIpc) is 3.84. The zero-order valence-electron chi connectivity index (χ0n) is 41.4. The third kappa shape index (κ3) is 15.3. The van der Waals surface area contributed by atoms with E-state index in [0.717, 1.165) is 53.3 Å². The van der Waals surface area contributed by atoms with Crippen LogP contribution in [0.1, 0.15) is 106 Å². The second kappa shape index (κ2) is 23.9. The molecule has 2 amide bonds. The number of phosphoric acid groups is 3. The maximum Gasteiger partial charge on any atom is 0.481 e. The molecule has 3 heterocycles. The summed E-state index contributed by atoms with van der Waals surface area (Å²) in [5.41, 5.74) is 9.49. The van der Waals surface area contributed by atoms with Gasteiger partial charge in [-0.2, -0.15) is 4.31 Å². The van der Waals surface area contributed by atoms with E-state index >= 15 is 0 Å². The molecule has 2 aromatic heterocycles. The van der Waals surface area contributed by atoms with Gasteiger partial charge in [-0.1, -0.05) is 64.1 Å². The normalized spacial score (nSPS) is 28.6. The summed E-state index contributed by atoms with van der Waals surface area (Å²) < 4.78 is 61.8. The van der Waals surface area contributed by atoms with Crippen molar-refractivity contribution in [3.05, 3.63) is 36.0 Å². The van der Waals surface area contributed by atoms with Gasteiger partial charge < -0.3 is 56.0 Å². The number of ether oxygens (including phenoxy) is 1. The number of phosphoric ester groups is 3. The van der Waals surface area contributed by atoms with E-state index in [1.54, 1.807) is 11.1 Å². The summed E-state index contributed by atoms with van der Waals surface area (Å²) in [7, 11) is -16.4. The molecule has 3 fully saturated rings. The van der Waals surface area contributed by atoms with E-state index in [1.807, 2.05) is 0 Å². The van der Waals surface area contributed by atoms with Crippen molar-refractivity contribution in [1.82, 2.24) is 30.2 Å². The Kier molecular flexibility index (Phi) is 19.9. The first-order valence-electron chi connectivity index (χ1n) is 23.4. The molecular formula is C43H70N7O18P3S. The van der Waals surface area contributed by atoms with Gasteiger partial charge in [-0.25, -0.2) is 28.6 Å². The van der Waals surface area contributed by atoms with Gasteiger partial charge in [0.25, 0.3) is 0 Å². The number of fused-ring (bicyclic) bond motifs is 4. The molecule has 1 aliphatic heterocycles. The van der Waals surface area contributed by atoms with Crippen LogP contribution in [0.3, 0.4) is 0 Å². The number of nitrogen functional groups attached to an aromatic ring is 1. The van der Waals surface area contributed by atoms with Crippen LogP contribution in [0.4, 0.5) is 5.82 Å². The highest BCUT2D eigenvalue weighted by Gasteiger charge is 2.51. The topological polar surface area (TPSA) is 384 Å². The van der Waals surface area contributed by atoms with Crippen LogP contribution in [0.5, 0.6) is 0 Å². The minimum atomic E-state index is -5.56. The predicted octanol–water partition coefficient (Wildman–Crippen LogP) is 3.94. The monoisotopic (exact) mass is 1100 g/mol. The van der Waals surface area contributed by atoms with E-state index in [1.165, 1.54) is 52.9 Å². The lowest BCUT2D eigenvalue weighted by atomic mass is 9.52. The number of carbonyl (C=O) groups is 3. The van der Waals surface area contributed by atoms with E-state index in [9.17, 15) is 63.0 Å². The van der Waals surface area contributed by atoms with Crippen molar-refractivity contribution < 1.29 is 85.6 Å². The highest BCUT2D eigenvalue weighted by atomic mass is 32.2. The molecule has 0 aromatic carbocycles. The van der Waals surface area contributed by atoms with Crippen LogP contribution >= 0.6 is 35.2 Å². The zero-order valence-corrected chi connectivity index (χ0v) is 44.9. The Morgan fingerprint density at radius 2 is 1.69 bits per heavy atom. The first-order valence-corrected chi connectivity index (χ1v) is 28.9. The van der Waals surface area contributed by atoms with Gasteiger partial charge in [0.05, 0.1) is 25.6 Å². The Bertz CT molecular complexity index is 2490. The lowest BCUT2D eigenvalue weighted by molar-refractivity contribution is -0.137. The Morgan fingerprint density at radius 1 is 1.01 bits per heavy atom. The molecule has 29 heteroatoms. The molecule has 406 valence electrons. The standard InChI is InChI=1S/C23H38N7O17P3S.C20H32O/c1-12(31)51-7-6-25-14(32)4-5-26-21(35)18(34)23(2,3)9-44-50(41,42)47-49(39,40)43-8-13-17(46-48(36,37)38)16(33)22(45-13)30-11-29-15-19(24)27-10-28-20(15)30;1-13-6-7-15-12-17-14(2)18(21)9-11-20(17,5)10-8-16(13)19(15,3)4/h10-11,13,16-18,22,33-34H,4-9H2,1-3H3,(H,25,32)(H,26,35)(H,39,40)(H,41,42)(H2,24,27,28)(H2,36,37,38);15,17-18,21H,2,6-12H2,1,3-5H3/t13-,16-,17-,18+,22-;15-,17+,18-,20+/m10/s1. The number of aliphatic hydroxyl groups is 3. The molecule has 4 aliphatic rings. The average molecular weight is 1100 g/mol. The summed E-state index contributed by atoms with van der Waals surface area (Å²) in [6.07, 6.45) is 1.29. The number of nitrogens with two attached hydrogens (primary N) is 1. The van der Waals surface area contributed by atoms with Gasteiger partial charge in [-0.15, -0.1) is 0 Å². The van der Waals surface area contributed by atoms with Gasteiger partial charge in [0, 0.05) is 37.6 Å². The molecule has 2 bridgehead atoms. The fourth-order valence-electron chi connectivity index (χ4n) is 9.91. The molecule has 2 saturated carbocycles. The second-order valence-electron chi connectivity index (χ2n) is 20.2. The number of thioether (sulfide) groups is 1. The number of nitrogens with zero attached hydrogens (tertiary/aromatic N) is 4. The molecule has 2 unspecified atom stereocenters. The molecule has 0 radical (unpaired) electrons. The number of aromatic nitrogens is 4. The van der Waals surface area contributed by atoms with Crippen LogP contribution in [0.15, 0.2) is 36.0 Å². The van der Waals surface area contributed by atoms with Crippen molar-refractivity contribution in [2.24, 2.45) is 28.1 Å². The number of nitrogens with one attached hydrogen (secondary N) is 2. The molecule has 6 rings (SSSR count). The van der Waals surface area contributed by atoms with Crippen molar-refractivity contribution in [3.8, 4) is 0 Å². The minimum absolute atomic E-state index is 0.0310. The minimum Gasteiger partial charge on any atom is -0.389 e. The Morgan fingerprint density at radius 3 is 2.36 bits per heavy atom. The molecule has 3 aliphatic carbocycles. The van der Waals surface area contributed by atoms with Gasteiger partial charge in [0.2, 0.25) is 11.8 Å². The van der Waals surface area contributed by atoms with Gasteiger partial charge >= 0.3 is 23.5 Å². The molecule has 72 heavy (non-hydrogen) atoms. The number of anilines is 1. The van der Waals surface area contributed by atoms with Gasteiger partial charge in [0.15, 0.2) is 22.8 Å². The number of hydrogen-bond donors (Lipinski definition) is 10. The first-order chi connectivity index (χ1) is 33.3. The highest BCUT2D eigenvalue weighted by molar-refractivity contribution is 8.13. The van der Waals surface area contributed by atoms with E-state index in [2.05, 4.69) is 68.7 Å². The Balaban J connectivity index is 0.000000377. The SMILES string of the molecule is C=C1[C@H]2C[C@@H]3CCC(C)=C(CC[C@]2(C)CC[C@@H]1O)C3(C)C.CC(=O)SCCNC(=O)CCNC(=O)[C@H](O)C(C)(C)COP(=O)(O)OP(=O)(O)OC[C@H]1O[C@@H](n2cnc3c(N)ncnc32)[C@H](O)[C@@H]1OP(=O)(O)O. The maximum absolute atomic E-state index is 12.6.